The zero-order valence-corrected chi connectivity index (χ0v) is 30.0. The molecule has 1 saturated heterocycles. The van der Waals surface area contributed by atoms with Crippen molar-refractivity contribution < 1.29 is 13.9 Å². The number of carbonyl (C=O) groups is 1. The number of halogens is 1. The maximum Gasteiger partial charge on any atom is 0.302 e. The first kappa shape index (κ1) is 35.4. The maximum atomic E-state index is 15.5. The average Bonchev–Trinajstić information content (AvgIpc) is 3.09. The lowest BCUT2D eigenvalue weighted by Gasteiger charge is -2.38. The van der Waals surface area contributed by atoms with E-state index in [2.05, 4.69) is 44.1 Å². The second kappa shape index (κ2) is 14.1. The van der Waals surface area contributed by atoms with Crippen molar-refractivity contribution >= 4 is 33.9 Å². The number of carbonyl (C=O) groups excluding carboxylic acids is 1. The molecule has 0 atom stereocenters. The van der Waals surface area contributed by atoms with E-state index in [-0.39, 0.29) is 34.3 Å². The second-order valence-corrected chi connectivity index (χ2v) is 14.1. The number of hydrogen-bond acceptors (Lipinski definition) is 10. The lowest BCUT2D eigenvalue weighted by molar-refractivity contribution is -0.142. The Hall–Kier alpha value is -5.43. The van der Waals surface area contributed by atoms with Gasteiger partial charge in [0.25, 0.3) is 11.1 Å². The molecule has 6 rings (SSSR count). The summed E-state index contributed by atoms with van der Waals surface area (Å²) in [7, 11) is 1.53. The summed E-state index contributed by atoms with van der Waals surface area (Å²) < 4.78 is 23.3. The number of ether oxygens (including phenoxy) is 1. The number of benzene rings is 2. The molecule has 4 heterocycles. The van der Waals surface area contributed by atoms with Gasteiger partial charge in [-0.25, -0.2) is 14.1 Å². The van der Waals surface area contributed by atoms with Gasteiger partial charge < -0.3 is 15.0 Å². The van der Waals surface area contributed by atoms with Gasteiger partial charge in [-0.05, 0) is 61.2 Å². The molecule has 0 bridgehead atoms. The van der Waals surface area contributed by atoms with Gasteiger partial charge in [0.15, 0.2) is 0 Å². The highest BCUT2D eigenvalue weighted by Gasteiger charge is 2.23. The standard InChI is InChI=1S/C38H43FN8O4/c1-23(2)45-13-15-46(16-14-45)27-11-12-34(40-21-27)42-32-19-31(43-44(7)36(32)49)28-9-8-10-33(29(28)22-51-24(3)48)47-37(50)35-25(20-41-47)17-26(18-30(35)39)38(4,5)6/h8-12,17-21,23H,13-16,22H2,1-7H3,(H,40,42). The monoisotopic (exact) mass is 694 g/mol. The Morgan fingerprint density at radius 2 is 1.75 bits per heavy atom. The largest absolute Gasteiger partial charge is 0.461 e. The predicted molar refractivity (Wildman–Crippen MR) is 196 cm³/mol. The summed E-state index contributed by atoms with van der Waals surface area (Å²) in [5.74, 6) is -0.712. The van der Waals surface area contributed by atoms with Gasteiger partial charge in [0.2, 0.25) is 0 Å². The number of nitrogens with zero attached hydrogens (tertiary/aromatic N) is 7. The van der Waals surface area contributed by atoms with Crippen molar-refractivity contribution in [3.63, 3.8) is 0 Å². The van der Waals surface area contributed by atoms with Gasteiger partial charge in [-0.2, -0.15) is 14.9 Å². The second-order valence-electron chi connectivity index (χ2n) is 14.1. The van der Waals surface area contributed by atoms with Crippen molar-refractivity contribution in [2.45, 2.75) is 59.6 Å². The van der Waals surface area contributed by atoms with Gasteiger partial charge in [0, 0.05) is 62.7 Å². The summed E-state index contributed by atoms with van der Waals surface area (Å²) in [5.41, 5.74) is 2.08. The number of fused-ring (bicyclic) bond motifs is 1. The van der Waals surface area contributed by atoms with Crippen molar-refractivity contribution in [1.82, 2.24) is 29.4 Å². The minimum Gasteiger partial charge on any atom is -0.461 e. The van der Waals surface area contributed by atoms with Gasteiger partial charge in [-0.1, -0.05) is 32.9 Å². The fourth-order valence-corrected chi connectivity index (χ4v) is 6.29. The minimum atomic E-state index is -0.668. The highest BCUT2D eigenvalue weighted by atomic mass is 19.1. The molecule has 5 aromatic rings. The first-order valence-electron chi connectivity index (χ1n) is 17.0. The first-order chi connectivity index (χ1) is 24.2. The Kier molecular flexibility index (Phi) is 9.76. The third-order valence-electron chi connectivity index (χ3n) is 9.26. The third kappa shape index (κ3) is 7.39. The Bertz CT molecular complexity index is 2220. The van der Waals surface area contributed by atoms with Gasteiger partial charge in [-0.15, -0.1) is 0 Å². The van der Waals surface area contributed by atoms with Crippen LogP contribution in [0, 0.1) is 5.82 Å². The summed E-state index contributed by atoms with van der Waals surface area (Å²) in [4.78, 5) is 48.4. The fraction of sp³-hybridized carbons (Fsp3) is 0.368. The molecule has 1 fully saturated rings. The quantitative estimate of drug-likeness (QED) is 0.214. The maximum absolute atomic E-state index is 15.5. The molecule has 12 nitrogen and oxygen atoms in total. The molecule has 0 unspecified atom stereocenters. The average molecular weight is 695 g/mol. The molecule has 0 amide bonds. The topological polar surface area (TPSA) is 127 Å². The minimum absolute atomic E-state index is 0.107. The molecule has 266 valence electrons. The third-order valence-corrected chi connectivity index (χ3v) is 9.26. The van der Waals surface area contributed by atoms with Crippen LogP contribution in [0.2, 0.25) is 0 Å². The molecule has 13 heteroatoms. The van der Waals surface area contributed by atoms with E-state index in [1.807, 2.05) is 32.9 Å². The number of rotatable bonds is 8. The Morgan fingerprint density at radius 3 is 2.39 bits per heavy atom. The molecule has 0 spiro atoms. The Balaban J connectivity index is 1.37. The molecule has 0 aliphatic carbocycles. The van der Waals surface area contributed by atoms with Crippen LogP contribution in [0.15, 0.2) is 70.5 Å². The summed E-state index contributed by atoms with van der Waals surface area (Å²) in [5, 5.41) is 12.3. The van der Waals surface area contributed by atoms with Crippen molar-refractivity contribution in [2.75, 3.05) is 36.4 Å². The molecule has 1 aliphatic heterocycles. The number of piperazine rings is 1. The molecule has 51 heavy (non-hydrogen) atoms. The molecule has 3 aromatic heterocycles. The van der Waals surface area contributed by atoms with Gasteiger partial charge >= 0.3 is 5.97 Å². The highest BCUT2D eigenvalue weighted by Crippen LogP contribution is 2.31. The van der Waals surface area contributed by atoms with Crippen LogP contribution in [0.1, 0.15) is 52.7 Å². The van der Waals surface area contributed by atoms with E-state index in [0.29, 0.717) is 34.1 Å². The van der Waals surface area contributed by atoms with Crippen LogP contribution in [0.4, 0.5) is 21.6 Å². The summed E-state index contributed by atoms with van der Waals surface area (Å²) >= 11 is 0. The molecule has 1 N–H and O–H groups in total. The summed E-state index contributed by atoms with van der Waals surface area (Å²) in [6.07, 6.45) is 3.25. The SMILES string of the molecule is CC(=O)OCc1c(-c2cc(Nc3ccc(N4CCN(C(C)C)CC4)cn3)c(=O)n(C)n2)cccc1-n1ncc2cc(C(C)(C)C)cc(F)c2c1=O. The van der Waals surface area contributed by atoms with Crippen LogP contribution in [-0.4, -0.2) is 67.6 Å². The van der Waals surface area contributed by atoms with Crippen molar-refractivity contribution in [3.05, 3.63) is 98.6 Å². The van der Waals surface area contributed by atoms with E-state index in [1.54, 1.807) is 36.5 Å². The number of esters is 1. The van der Waals surface area contributed by atoms with Crippen molar-refractivity contribution in [2.24, 2.45) is 7.05 Å². The number of aromatic nitrogens is 5. The number of hydrogen-bond donors (Lipinski definition) is 1. The molecule has 0 saturated carbocycles. The van der Waals surface area contributed by atoms with Crippen LogP contribution in [-0.2, 0) is 28.6 Å². The van der Waals surface area contributed by atoms with Gasteiger partial charge in [0.05, 0.1) is 34.8 Å². The van der Waals surface area contributed by atoms with E-state index in [9.17, 15) is 14.4 Å². The highest BCUT2D eigenvalue weighted by molar-refractivity contribution is 5.83. The van der Waals surface area contributed by atoms with E-state index < -0.39 is 17.3 Å². The van der Waals surface area contributed by atoms with E-state index in [4.69, 9.17) is 4.74 Å². The molecule has 0 radical (unpaired) electrons. The predicted octanol–water partition coefficient (Wildman–Crippen LogP) is 5.32. The molecule has 2 aromatic carbocycles. The fourth-order valence-electron chi connectivity index (χ4n) is 6.29. The lowest BCUT2D eigenvalue weighted by Crippen LogP contribution is -2.48. The van der Waals surface area contributed by atoms with Crippen LogP contribution in [0.5, 0.6) is 0 Å². The zero-order valence-electron chi connectivity index (χ0n) is 30.0. The normalized spacial score (nSPS) is 13.9. The summed E-state index contributed by atoms with van der Waals surface area (Å²) in [6.45, 7) is 15.1. The van der Waals surface area contributed by atoms with Crippen molar-refractivity contribution in [1.29, 1.82) is 0 Å². The Morgan fingerprint density at radius 1 is 1.00 bits per heavy atom. The number of pyridine rings is 1. The van der Waals surface area contributed by atoms with E-state index in [1.165, 1.54) is 30.9 Å². The van der Waals surface area contributed by atoms with Gasteiger partial charge in [-0.3, -0.25) is 19.3 Å². The Labute approximate surface area is 295 Å². The summed E-state index contributed by atoms with van der Waals surface area (Å²) in [6, 6.07) is 14.1. The zero-order chi connectivity index (χ0) is 36.6. The van der Waals surface area contributed by atoms with E-state index >= 15 is 4.39 Å². The van der Waals surface area contributed by atoms with Crippen LogP contribution in [0.25, 0.3) is 27.7 Å². The number of nitrogens with one attached hydrogen (secondary N) is 1. The van der Waals surface area contributed by atoms with Gasteiger partial charge in [0.1, 0.15) is 23.9 Å². The van der Waals surface area contributed by atoms with Crippen LogP contribution < -0.4 is 21.3 Å². The lowest BCUT2D eigenvalue weighted by atomic mass is 9.86. The molecular weight excluding hydrogens is 651 g/mol. The molecular formula is C38H43FN8O4. The number of aryl methyl sites for hydroxylation is 1. The smallest absolute Gasteiger partial charge is 0.302 e. The molecule has 1 aliphatic rings. The van der Waals surface area contributed by atoms with Crippen LogP contribution >= 0.6 is 0 Å². The first-order valence-corrected chi connectivity index (χ1v) is 17.0. The van der Waals surface area contributed by atoms with Crippen LogP contribution in [0.3, 0.4) is 0 Å². The number of anilines is 3. The van der Waals surface area contributed by atoms with E-state index in [0.717, 1.165) is 42.1 Å². The van der Waals surface area contributed by atoms with Crippen molar-refractivity contribution in [3.8, 4) is 16.9 Å².